The Bertz CT molecular complexity index is 543. The molecule has 1 fully saturated rings. The van der Waals surface area contributed by atoms with Crippen molar-refractivity contribution in [3.8, 4) is 5.75 Å². The number of amides is 2. The molecule has 2 atom stereocenters. The summed E-state index contributed by atoms with van der Waals surface area (Å²) in [5.74, 6) is 0.846. The molecule has 2 aliphatic rings. The molecule has 0 radical (unpaired) electrons. The summed E-state index contributed by atoms with van der Waals surface area (Å²) in [5.41, 5.74) is 2.32. The van der Waals surface area contributed by atoms with Gasteiger partial charge in [-0.1, -0.05) is 30.8 Å². The fourth-order valence-corrected chi connectivity index (χ4v) is 3.77. The van der Waals surface area contributed by atoms with Crippen molar-refractivity contribution in [2.45, 2.75) is 30.9 Å². The zero-order chi connectivity index (χ0) is 13.4. The van der Waals surface area contributed by atoms with Crippen LogP contribution in [-0.2, 0) is 11.2 Å². The normalized spacial score (nSPS) is 22.9. The highest BCUT2D eigenvalue weighted by atomic mass is 32.2. The summed E-state index contributed by atoms with van der Waals surface area (Å²) in [4.78, 5) is 23.1. The largest absolute Gasteiger partial charge is 0.493 e. The Balaban J connectivity index is 1.90. The molecule has 5 heteroatoms. The molecule has 4 nitrogen and oxygen atoms in total. The minimum absolute atomic E-state index is 0.0716. The number of rotatable bonds is 3. The van der Waals surface area contributed by atoms with E-state index in [9.17, 15) is 9.59 Å². The molecule has 1 aromatic rings. The zero-order valence-electron chi connectivity index (χ0n) is 10.6. The van der Waals surface area contributed by atoms with Gasteiger partial charge in [0.2, 0.25) is 5.91 Å². The summed E-state index contributed by atoms with van der Waals surface area (Å²) in [6.07, 6.45) is 1.75. The first-order valence-electron chi connectivity index (χ1n) is 6.46. The first kappa shape index (κ1) is 12.5. The molecular weight excluding hydrogens is 262 g/mol. The molecule has 2 heterocycles. The molecular formula is C14H15NO3S. The van der Waals surface area contributed by atoms with E-state index in [0.29, 0.717) is 0 Å². The summed E-state index contributed by atoms with van der Waals surface area (Å²) >= 11 is 1.10. The van der Waals surface area contributed by atoms with E-state index in [1.165, 1.54) is 5.56 Å². The molecule has 0 aromatic heterocycles. The molecule has 2 unspecified atom stereocenters. The van der Waals surface area contributed by atoms with Crippen molar-refractivity contribution in [2.24, 2.45) is 0 Å². The molecule has 3 rings (SSSR count). The van der Waals surface area contributed by atoms with Gasteiger partial charge in [-0.3, -0.25) is 14.9 Å². The average molecular weight is 277 g/mol. The maximum Gasteiger partial charge on any atom is 0.286 e. The van der Waals surface area contributed by atoms with Gasteiger partial charge in [0.05, 0.1) is 6.61 Å². The number of hydrogen-bond acceptors (Lipinski definition) is 4. The third-order valence-corrected chi connectivity index (χ3v) is 4.78. The second-order valence-electron chi connectivity index (χ2n) is 4.80. The number of nitrogens with one attached hydrogen (secondary N) is 1. The minimum Gasteiger partial charge on any atom is -0.493 e. The summed E-state index contributed by atoms with van der Waals surface area (Å²) in [6.45, 7) is 2.78. The van der Waals surface area contributed by atoms with Crippen LogP contribution in [0.2, 0.25) is 0 Å². The lowest BCUT2D eigenvalue weighted by Gasteiger charge is -2.19. The van der Waals surface area contributed by atoms with Crippen molar-refractivity contribution < 1.29 is 14.3 Å². The molecule has 0 saturated carbocycles. The lowest BCUT2D eigenvalue weighted by Crippen LogP contribution is -2.28. The third-order valence-electron chi connectivity index (χ3n) is 3.66. The number of carbonyl (C=O) groups is 2. The number of benzene rings is 1. The number of hydrogen-bond donors (Lipinski definition) is 1. The molecule has 1 saturated heterocycles. The van der Waals surface area contributed by atoms with Crippen LogP contribution >= 0.6 is 11.8 Å². The van der Waals surface area contributed by atoms with Crippen LogP contribution in [-0.4, -0.2) is 23.0 Å². The number of ether oxygens (including phenoxy) is 1. The Morgan fingerprint density at radius 1 is 1.47 bits per heavy atom. The first-order chi connectivity index (χ1) is 9.19. The van der Waals surface area contributed by atoms with Gasteiger partial charge in [0.25, 0.3) is 5.24 Å². The minimum atomic E-state index is -0.308. The summed E-state index contributed by atoms with van der Waals surface area (Å²) in [7, 11) is 0. The van der Waals surface area contributed by atoms with Gasteiger partial charge in [-0.2, -0.15) is 0 Å². The van der Waals surface area contributed by atoms with Crippen molar-refractivity contribution in [3.05, 3.63) is 29.3 Å². The Morgan fingerprint density at radius 2 is 2.32 bits per heavy atom. The molecule has 0 aliphatic carbocycles. The SMILES string of the molecule is CCC(c1ccc2c(c1)CCO2)C1SC(=O)NC1=O. The van der Waals surface area contributed by atoms with Crippen molar-refractivity contribution >= 4 is 22.9 Å². The standard InChI is InChI=1S/C14H15NO3S/c1-2-10(12-13(16)15-14(17)19-12)8-3-4-11-9(7-8)5-6-18-11/h3-4,7,10,12H,2,5-6H2,1H3,(H,15,16,17). The molecule has 19 heavy (non-hydrogen) atoms. The van der Waals surface area contributed by atoms with Gasteiger partial charge in [-0.25, -0.2) is 0 Å². The summed E-state index contributed by atoms with van der Waals surface area (Å²) in [5, 5.41) is 1.82. The molecule has 100 valence electrons. The maximum absolute atomic E-state index is 11.8. The molecule has 2 amide bonds. The topological polar surface area (TPSA) is 55.4 Å². The van der Waals surface area contributed by atoms with E-state index in [1.54, 1.807) is 0 Å². The van der Waals surface area contributed by atoms with Gasteiger partial charge in [0.1, 0.15) is 11.0 Å². The number of fused-ring (bicyclic) bond motifs is 1. The second-order valence-corrected chi connectivity index (χ2v) is 5.91. The highest BCUT2D eigenvalue weighted by Crippen LogP contribution is 2.37. The van der Waals surface area contributed by atoms with Gasteiger partial charge in [-0.05, 0) is 23.6 Å². The van der Waals surface area contributed by atoms with Gasteiger partial charge < -0.3 is 4.74 Å². The quantitative estimate of drug-likeness (QED) is 0.922. The monoisotopic (exact) mass is 277 g/mol. The van der Waals surface area contributed by atoms with E-state index in [-0.39, 0.29) is 22.3 Å². The van der Waals surface area contributed by atoms with E-state index >= 15 is 0 Å². The van der Waals surface area contributed by atoms with Gasteiger partial charge >= 0.3 is 0 Å². The van der Waals surface area contributed by atoms with E-state index < -0.39 is 0 Å². The van der Waals surface area contributed by atoms with Crippen molar-refractivity contribution in [2.75, 3.05) is 6.61 Å². The highest BCUT2D eigenvalue weighted by molar-refractivity contribution is 8.15. The molecule has 1 aromatic carbocycles. The Morgan fingerprint density at radius 3 is 3.00 bits per heavy atom. The van der Waals surface area contributed by atoms with E-state index in [0.717, 1.165) is 42.5 Å². The van der Waals surface area contributed by atoms with Crippen molar-refractivity contribution in [1.82, 2.24) is 5.32 Å². The van der Waals surface area contributed by atoms with Gasteiger partial charge in [0, 0.05) is 12.3 Å². The lowest BCUT2D eigenvalue weighted by atomic mass is 9.91. The summed E-state index contributed by atoms with van der Waals surface area (Å²) in [6, 6.07) is 6.10. The third kappa shape index (κ3) is 2.23. The van der Waals surface area contributed by atoms with Gasteiger partial charge in [-0.15, -0.1) is 0 Å². The summed E-state index contributed by atoms with van der Waals surface area (Å²) < 4.78 is 5.49. The van der Waals surface area contributed by atoms with Crippen molar-refractivity contribution in [3.63, 3.8) is 0 Å². The first-order valence-corrected chi connectivity index (χ1v) is 7.34. The lowest BCUT2D eigenvalue weighted by molar-refractivity contribution is -0.119. The van der Waals surface area contributed by atoms with Gasteiger partial charge in [0.15, 0.2) is 0 Å². The fourth-order valence-electron chi connectivity index (χ4n) is 2.70. The number of carbonyl (C=O) groups excluding carboxylic acids is 2. The van der Waals surface area contributed by atoms with Crippen LogP contribution in [0.1, 0.15) is 30.4 Å². The van der Waals surface area contributed by atoms with Crippen LogP contribution < -0.4 is 10.1 Å². The van der Waals surface area contributed by atoms with E-state index in [2.05, 4.69) is 11.4 Å². The Hall–Kier alpha value is -1.49. The molecule has 1 N–H and O–H groups in total. The maximum atomic E-state index is 11.8. The smallest absolute Gasteiger partial charge is 0.286 e. The van der Waals surface area contributed by atoms with Crippen LogP contribution in [0.25, 0.3) is 0 Å². The predicted molar refractivity (Wildman–Crippen MR) is 73.6 cm³/mol. The van der Waals surface area contributed by atoms with Crippen LogP contribution in [0.5, 0.6) is 5.75 Å². The van der Waals surface area contributed by atoms with Crippen LogP contribution in [0.4, 0.5) is 4.79 Å². The Labute approximate surface area is 115 Å². The molecule has 0 spiro atoms. The van der Waals surface area contributed by atoms with E-state index in [1.807, 2.05) is 19.1 Å². The van der Waals surface area contributed by atoms with Crippen LogP contribution in [0, 0.1) is 0 Å². The van der Waals surface area contributed by atoms with E-state index in [4.69, 9.17) is 4.74 Å². The predicted octanol–water partition coefficient (Wildman–Crippen LogP) is 2.47. The van der Waals surface area contributed by atoms with Crippen molar-refractivity contribution in [1.29, 1.82) is 0 Å². The average Bonchev–Trinajstić information content (AvgIpc) is 2.97. The second kappa shape index (κ2) is 4.89. The molecule has 2 aliphatic heterocycles. The fraction of sp³-hybridized carbons (Fsp3) is 0.429. The number of thioether (sulfide) groups is 1. The Kier molecular flexibility index (Phi) is 3.22. The molecule has 0 bridgehead atoms. The highest BCUT2D eigenvalue weighted by Gasteiger charge is 2.38. The van der Waals surface area contributed by atoms with Crippen LogP contribution in [0.3, 0.4) is 0 Å². The number of imide groups is 1. The van der Waals surface area contributed by atoms with Crippen LogP contribution in [0.15, 0.2) is 18.2 Å². The zero-order valence-corrected chi connectivity index (χ0v) is 11.5.